The Morgan fingerprint density at radius 3 is 2.31 bits per heavy atom. The Morgan fingerprint density at radius 2 is 1.74 bits per heavy atom. The number of carbonyl (C=O) groups is 2. The summed E-state index contributed by atoms with van der Waals surface area (Å²) in [5.41, 5.74) is 0.599. The first-order valence-electron chi connectivity index (χ1n) is 13.4. The van der Waals surface area contributed by atoms with Crippen LogP contribution in [0.5, 0.6) is 0 Å². The molecule has 5 rings (SSSR count). The Bertz CT molecular complexity index is 1360. The predicted octanol–water partition coefficient (Wildman–Crippen LogP) is 5.73. The van der Waals surface area contributed by atoms with E-state index in [2.05, 4.69) is 0 Å². The molecule has 2 aromatic rings. The Hall–Kier alpha value is -2.13. The molecule has 4 atom stereocenters. The summed E-state index contributed by atoms with van der Waals surface area (Å²) in [6.07, 6.45) is 3.08. The van der Waals surface area contributed by atoms with Crippen molar-refractivity contribution in [1.29, 1.82) is 0 Å². The van der Waals surface area contributed by atoms with Gasteiger partial charge in [0.15, 0.2) is 0 Å². The number of likely N-dealkylation sites (tertiary alicyclic amines) is 1. The smallest absolute Gasteiger partial charge is 0.304 e. The summed E-state index contributed by atoms with van der Waals surface area (Å²) >= 11 is 12.6. The molecule has 0 spiro atoms. The molecule has 39 heavy (non-hydrogen) atoms. The fourth-order valence-electron chi connectivity index (χ4n) is 6.18. The normalized spacial score (nSPS) is 26.6. The molecule has 2 aromatic carbocycles. The van der Waals surface area contributed by atoms with Gasteiger partial charge in [-0.25, -0.2) is 12.7 Å². The lowest BCUT2D eigenvalue weighted by Gasteiger charge is -2.52. The van der Waals surface area contributed by atoms with Crippen LogP contribution in [0.4, 0.5) is 0 Å². The molecule has 1 aliphatic heterocycles. The van der Waals surface area contributed by atoms with Gasteiger partial charge in [0.1, 0.15) is 0 Å². The summed E-state index contributed by atoms with van der Waals surface area (Å²) in [6.45, 7) is 1.89. The van der Waals surface area contributed by atoms with Crippen molar-refractivity contribution in [2.24, 2.45) is 11.3 Å². The van der Waals surface area contributed by atoms with Gasteiger partial charge in [-0.05, 0) is 73.4 Å². The summed E-state index contributed by atoms with van der Waals surface area (Å²) in [4.78, 5) is 28.3. The molecule has 0 aromatic heterocycles. The van der Waals surface area contributed by atoms with Crippen LogP contribution in [-0.4, -0.2) is 59.5 Å². The van der Waals surface area contributed by atoms with Crippen molar-refractivity contribution in [3.8, 4) is 0 Å². The zero-order valence-electron chi connectivity index (χ0n) is 22.1. The van der Waals surface area contributed by atoms with Gasteiger partial charge in [-0.1, -0.05) is 54.4 Å². The van der Waals surface area contributed by atoms with Crippen LogP contribution in [0.2, 0.25) is 10.0 Å². The number of rotatable bonds is 10. The molecule has 2 aliphatic carbocycles. The van der Waals surface area contributed by atoms with Gasteiger partial charge in [-0.15, -0.1) is 0 Å². The number of carbonyl (C=O) groups excluding carboxylic acids is 1. The van der Waals surface area contributed by atoms with Crippen LogP contribution in [0.3, 0.4) is 0 Å². The maximum absolute atomic E-state index is 14.5. The molecule has 10 heteroatoms. The van der Waals surface area contributed by atoms with E-state index < -0.39 is 33.5 Å². The number of hydrogen-bond donors (Lipinski definition) is 1. The van der Waals surface area contributed by atoms with Crippen molar-refractivity contribution in [3.05, 3.63) is 69.7 Å². The maximum atomic E-state index is 14.5. The number of sulfonamides is 1. The standard InChI is InChI=1S/C29H34Cl2N2O5S/c1-29(16-26(34)35)15-24(20-4-3-5-22(31)14-20)27(19-8-10-21(30)11-9-19)33(28(29)36)25(18-6-7-18)17-32(2)39(37,38)23-12-13-23/h3-5,8-11,14,18,23-25,27H,6-7,12-13,15-17H2,1-2H3,(H,34,35)/t24-,25?,27-,29+/m0/s1. The number of amides is 1. The largest absolute Gasteiger partial charge is 0.481 e. The summed E-state index contributed by atoms with van der Waals surface area (Å²) < 4.78 is 27.7. The third kappa shape index (κ3) is 5.85. The van der Waals surface area contributed by atoms with Gasteiger partial charge >= 0.3 is 5.97 Å². The summed E-state index contributed by atoms with van der Waals surface area (Å²) in [5.74, 6) is -1.43. The number of piperidine rings is 1. The number of aliphatic carboxylic acids is 1. The molecule has 210 valence electrons. The van der Waals surface area contributed by atoms with E-state index in [1.807, 2.05) is 35.2 Å². The molecule has 7 nitrogen and oxygen atoms in total. The van der Waals surface area contributed by atoms with Crippen LogP contribution in [0, 0.1) is 11.3 Å². The molecule has 1 amide bonds. The number of carboxylic acids is 1. The highest BCUT2D eigenvalue weighted by atomic mass is 35.5. The molecule has 1 N–H and O–H groups in total. The zero-order chi connectivity index (χ0) is 28.1. The maximum Gasteiger partial charge on any atom is 0.304 e. The van der Waals surface area contributed by atoms with E-state index in [1.54, 1.807) is 32.2 Å². The summed E-state index contributed by atoms with van der Waals surface area (Å²) in [5, 5.41) is 10.6. The summed E-state index contributed by atoms with van der Waals surface area (Å²) in [6, 6.07) is 14.0. The van der Waals surface area contributed by atoms with E-state index in [-0.39, 0.29) is 36.0 Å². The van der Waals surface area contributed by atoms with Crippen molar-refractivity contribution < 1.29 is 23.1 Å². The highest BCUT2D eigenvalue weighted by molar-refractivity contribution is 7.90. The molecule has 2 saturated carbocycles. The van der Waals surface area contributed by atoms with Crippen molar-refractivity contribution >= 4 is 45.1 Å². The summed E-state index contributed by atoms with van der Waals surface area (Å²) in [7, 11) is -1.87. The van der Waals surface area contributed by atoms with Crippen LogP contribution in [0.25, 0.3) is 0 Å². The lowest BCUT2D eigenvalue weighted by Crippen LogP contribution is -2.59. The molecule has 0 bridgehead atoms. The van der Waals surface area contributed by atoms with E-state index in [0.29, 0.717) is 29.3 Å². The second kappa shape index (κ2) is 10.7. The average Bonchev–Trinajstić information content (AvgIpc) is 3.77. The molecule has 3 fully saturated rings. The van der Waals surface area contributed by atoms with Crippen LogP contribution >= 0.6 is 23.2 Å². The van der Waals surface area contributed by atoms with Gasteiger partial charge in [0.05, 0.1) is 23.1 Å². The van der Waals surface area contributed by atoms with E-state index in [4.69, 9.17) is 23.2 Å². The second-order valence-electron chi connectivity index (χ2n) is 11.6. The number of halogens is 2. The molecular weight excluding hydrogens is 559 g/mol. The molecule has 1 saturated heterocycles. The number of hydrogen-bond acceptors (Lipinski definition) is 4. The van der Waals surface area contributed by atoms with E-state index >= 15 is 0 Å². The Labute approximate surface area is 240 Å². The minimum atomic E-state index is -3.46. The van der Waals surface area contributed by atoms with E-state index in [9.17, 15) is 23.1 Å². The van der Waals surface area contributed by atoms with Crippen LogP contribution in [-0.2, 0) is 19.6 Å². The lowest BCUT2D eigenvalue weighted by molar-refractivity contribution is -0.161. The number of carboxylic acid groups (broad SMARTS) is 1. The molecule has 3 aliphatic rings. The topological polar surface area (TPSA) is 95.0 Å². The Balaban J connectivity index is 1.65. The molecule has 1 unspecified atom stereocenters. The van der Waals surface area contributed by atoms with Gasteiger partial charge in [0.2, 0.25) is 15.9 Å². The first-order chi connectivity index (χ1) is 18.4. The number of nitrogens with zero attached hydrogens (tertiary/aromatic N) is 2. The highest BCUT2D eigenvalue weighted by Gasteiger charge is 2.55. The third-order valence-corrected chi connectivity index (χ3v) is 11.3. The van der Waals surface area contributed by atoms with Crippen molar-refractivity contribution in [2.45, 2.75) is 68.7 Å². The van der Waals surface area contributed by atoms with Crippen LogP contribution < -0.4 is 0 Å². The highest BCUT2D eigenvalue weighted by Crippen LogP contribution is 2.54. The third-order valence-electron chi connectivity index (χ3n) is 8.48. The fourth-order valence-corrected chi connectivity index (χ4v) is 8.10. The first-order valence-corrected chi connectivity index (χ1v) is 15.7. The van der Waals surface area contributed by atoms with E-state index in [0.717, 1.165) is 24.0 Å². The second-order valence-corrected chi connectivity index (χ2v) is 14.8. The first kappa shape index (κ1) is 28.4. The average molecular weight is 594 g/mol. The molecular formula is C29H34Cl2N2O5S. The van der Waals surface area contributed by atoms with Gasteiger partial charge in [0, 0.05) is 35.6 Å². The molecule has 1 heterocycles. The monoisotopic (exact) mass is 592 g/mol. The fraction of sp³-hybridized carbons (Fsp3) is 0.517. The SMILES string of the molecule is CN(CC(C1CC1)N1C(=O)[C@@](C)(CC(=O)O)C[C@@H](c2cccc(Cl)c2)[C@@H]1c1ccc(Cl)cc1)S(=O)(=O)C1CC1. The predicted molar refractivity (Wildman–Crippen MR) is 151 cm³/mol. The van der Waals surface area contributed by atoms with Crippen molar-refractivity contribution in [2.75, 3.05) is 13.6 Å². The van der Waals surface area contributed by atoms with Crippen molar-refractivity contribution in [1.82, 2.24) is 9.21 Å². The van der Waals surface area contributed by atoms with Crippen LogP contribution in [0.1, 0.15) is 68.5 Å². The van der Waals surface area contributed by atoms with Gasteiger partial charge in [-0.2, -0.15) is 0 Å². The Kier molecular flexibility index (Phi) is 7.79. The quantitative estimate of drug-likeness (QED) is 0.380. The number of likely N-dealkylation sites (N-methyl/N-ethyl adjacent to an activating group) is 1. The molecule has 0 radical (unpaired) electrons. The Morgan fingerprint density at radius 1 is 1.08 bits per heavy atom. The zero-order valence-corrected chi connectivity index (χ0v) is 24.4. The van der Waals surface area contributed by atoms with Gasteiger partial charge < -0.3 is 10.0 Å². The number of benzene rings is 2. The van der Waals surface area contributed by atoms with E-state index in [1.165, 1.54) is 4.31 Å². The van der Waals surface area contributed by atoms with Crippen molar-refractivity contribution in [3.63, 3.8) is 0 Å². The minimum Gasteiger partial charge on any atom is -0.481 e. The van der Waals surface area contributed by atoms with Gasteiger partial charge in [-0.3, -0.25) is 9.59 Å². The van der Waals surface area contributed by atoms with Crippen LogP contribution in [0.15, 0.2) is 48.5 Å². The lowest BCUT2D eigenvalue weighted by atomic mass is 9.67. The van der Waals surface area contributed by atoms with Gasteiger partial charge in [0.25, 0.3) is 0 Å². The minimum absolute atomic E-state index is 0.132.